The summed E-state index contributed by atoms with van der Waals surface area (Å²) in [5.41, 5.74) is 0. The Labute approximate surface area is 173 Å². The normalized spacial score (nSPS) is 21.2. The summed E-state index contributed by atoms with van der Waals surface area (Å²) in [7, 11) is 2.00. The average Bonchev–Trinajstić information content (AvgIpc) is 2.85. The highest BCUT2D eigenvalue weighted by Crippen LogP contribution is 2.21. The Bertz CT molecular complexity index is 537. The molecule has 8 heteroatoms. The summed E-state index contributed by atoms with van der Waals surface area (Å²) >= 11 is 1.89. The van der Waals surface area contributed by atoms with Crippen LogP contribution in [0.3, 0.4) is 0 Å². The molecule has 1 aliphatic rings. The Balaban J connectivity index is 0.00000312. The highest BCUT2D eigenvalue weighted by Gasteiger charge is 2.24. The minimum absolute atomic E-state index is 0. The molecule has 25 heavy (non-hydrogen) atoms. The second-order valence-corrected chi connectivity index (χ2v) is 7.97. The van der Waals surface area contributed by atoms with Crippen molar-refractivity contribution in [3.63, 3.8) is 0 Å². The van der Waals surface area contributed by atoms with Crippen LogP contribution in [0.25, 0.3) is 0 Å². The predicted molar refractivity (Wildman–Crippen MR) is 118 cm³/mol. The van der Waals surface area contributed by atoms with Crippen molar-refractivity contribution >= 4 is 41.7 Å². The minimum Gasteiger partial charge on any atom is -0.356 e. The third-order valence-corrected chi connectivity index (χ3v) is 5.23. The first-order valence-electron chi connectivity index (χ1n) is 8.88. The molecule has 0 spiro atoms. The molecule has 2 rings (SSSR count). The van der Waals surface area contributed by atoms with Crippen molar-refractivity contribution in [1.82, 2.24) is 25.0 Å². The van der Waals surface area contributed by atoms with E-state index < -0.39 is 0 Å². The molecule has 0 radical (unpaired) electrons. The van der Waals surface area contributed by atoms with Crippen molar-refractivity contribution in [2.24, 2.45) is 23.9 Å². The third kappa shape index (κ3) is 6.96. The molecule has 1 N–H and O–H groups in total. The van der Waals surface area contributed by atoms with Gasteiger partial charge in [-0.1, -0.05) is 13.8 Å². The van der Waals surface area contributed by atoms with Gasteiger partial charge < -0.3 is 14.8 Å². The lowest BCUT2D eigenvalue weighted by atomic mass is 9.92. The molecule has 1 saturated heterocycles. The second-order valence-electron chi connectivity index (χ2n) is 6.99. The lowest BCUT2D eigenvalue weighted by Gasteiger charge is -2.37. The molecule has 2 heterocycles. The van der Waals surface area contributed by atoms with Gasteiger partial charge in [0.05, 0.1) is 0 Å². The fourth-order valence-electron chi connectivity index (χ4n) is 3.25. The molecular formula is C17H33IN6S. The van der Waals surface area contributed by atoms with E-state index in [2.05, 4.69) is 40.5 Å². The lowest BCUT2D eigenvalue weighted by molar-refractivity contribution is 0.208. The first kappa shape index (κ1) is 22.5. The summed E-state index contributed by atoms with van der Waals surface area (Å²) in [6.07, 6.45) is 4.61. The van der Waals surface area contributed by atoms with Crippen LogP contribution < -0.4 is 5.32 Å². The van der Waals surface area contributed by atoms with Gasteiger partial charge in [0.2, 0.25) is 0 Å². The number of aromatic nitrogens is 3. The maximum atomic E-state index is 4.86. The fraction of sp³-hybridized carbons (Fsp3) is 0.824. The number of rotatable bonds is 6. The van der Waals surface area contributed by atoms with Crippen molar-refractivity contribution in [3.05, 3.63) is 11.6 Å². The van der Waals surface area contributed by atoms with Crippen LogP contribution >= 0.6 is 35.7 Å². The number of halogens is 1. The standard InChI is InChI=1S/C17H32N6S.HI/c1-13-9-14(2)12-23(11-13)17(18-7-6-8-24-5)19-10-16-21-20-15(3)22(16)4;/h13-14H,6-12H2,1-5H3,(H,18,19);1H. The summed E-state index contributed by atoms with van der Waals surface area (Å²) in [6, 6.07) is 0. The summed E-state index contributed by atoms with van der Waals surface area (Å²) in [5, 5.41) is 11.9. The molecule has 0 bridgehead atoms. The zero-order valence-corrected chi connectivity index (χ0v) is 19.3. The Morgan fingerprint density at radius 3 is 2.52 bits per heavy atom. The number of guanidine groups is 1. The van der Waals surface area contributed by atoms with Crippen LogP contribution in [0.2, 0.25) is 0 Å². The molecule has 1 aliphatic heterocycles. The molecule has 0 saturated carbocycles. The third-order valence-electron chi connectivity index (χ3n) is 4.53. The van der Waals surface area contributed by atoms with Gasteiger partial charge >= 0.3 is 0 Å². The Morgan fingerprint density at radius 2 is 1.96 bits per heavy atom. The molecule has 6 nitrogen and oxygen atoms in total. The Kier molecular flexibility index (Phi) is 10.1. The van der Waals surface area contributed by atoms with Gasteiger partial charge in [0.15, 0.2) is 11.8 Å². The summed E-state index contributed by atoms with van der Waals surface area (Å²) in [5.74, 6) is 5.46. The first-order chi connectivity index (χ1) is 11.5. The van der Waals surface area contributed by atoms with E-state index in [0.29, 0.717) is 18.4 Å². The highest BCUT2D eigenvalue weighted by atomic mass is 127. The van der Waals surface area contributed by atoms with Gasteiger partial charge in [-0.2, -0.15) is 11.8 Å². The van der Waals surface area contributed by atoms with Gasteiger partial charge in [-0.05, 0) is 43.6 Å². The minimum atomic E-state index is 0. The zero-order valence-electron chi connectivity index (χ0n) is 16.2. The maximum Gasteiger partial charge on any atom is 0.194 e. The number of nitrogens with zero attached hydrogens (tertiary/aromatic N) is 5. The largest absolute Gasteiger partial charge is 0.356 e. The molecule has 2 unspecified atom stereocenters. The van der Waals surface area contributed by atoms with Gasteiger partial charge in [-0.3, -0.25) is 0 Å². The Morgan fingerprint density at radius 1 is 1.28 bits per heavy atom. The average molecular weight is 480 g/mol. The van der Waals surface area contributed by atoms with Gasteiger partial charge in [0.25, 0.3) is 0 Å². The predicted octanol–water partition coefficient (Wildman–Crippen LogP) is 2.92. The number of nitrogens with one attached hydrogen (secondary N) is 1. The van der Waals surface area contributed by atoms with E-state index in [1.54, 1.807) is 0 Å². The second kappa shape index (κ2) is 11.3. The van der Waals surface area contributed by atoms with Gasteiger partial charge in [-0.15, -0.1) is 34.2 Å². The van der Waals surface area contributed by atoms with Crippen LogP contribution in [-0.4, -0.2) is 57.3 Å². The number of piperidine rings is 1. The molecule has 1 aromatic heterocycles. The number of aryl methyl sites for hydroxylation is 1. The molecule has 1 aromatic rings. The molecule has 0 amide bonds. The Hall–Kier alpha value is -0.510. The van der Waals surface area contributed by atoms with Crippen LogP contribution in [0.5, 0.6) is 0 Å². The van der Waals surface area contributed by atoms with Gasteiger partial charge in [0.1, 0.15) is 12.4 Å². The number of thioether (sulfide) groups is 1. The van der Waals surface area contributed by atoms with E-state index in [1.165, 1.54) is 12.2 Å². The van der Waals surface area contributed by atoms with Crippen molar-refractivity contribution in [2.45, 2.75) is 40.2 Å². The van der Waals surface area contributed by atoms with E-state index in [1.807, 2.05) is 30.3 Å². The quantitative estimate of drug-likeness (QED) is 0.294. The first-order valence-corrected chi connectivity index (χ1v) is 10.3. The molecule has 144 valence electrons. The topological polar surface area (TPSA) is 58.3 Å². The van der Waals surface area contributed by atoms with Crippen LogP contribution in [-0.2, 0) is 13.6 Å². The van der Waals surface area contributed by atoms with E-state index in [9.17, 15) is 0 Å². The molecular weight excluding hydrogens is 447 g/mol. The monoisotopic (exact) mass is 480 g/mol. The van der Waals surface area contributed by atoms with Crippen LogP contribution in [0.1, 0.15) is 38.3 Å². The fourth-order valence-corrected chi connectivity index (χ4v) is 3.69. The van der Waals surface area contributed by atoms with Crippen LogP contribution in [0.15, 0.2) is 4.99 Å². The number of hydrogen-bond acceptors (Lipinski definition) is 4. The number of hydrogen-bond donors (Lipinski definition) is 1. The van der Waals surface area contributed by atoms with E-state index in [0.717, 1.165) is 43.7 Å². The van der Waals surface area contributed by atoms with Gasteiger partial charge in [-0.25, -0.2) is 4.99 Å². The summed E-state index contributed by atoms with van der Waals surface area (Å²) < 4.78 is 2.01. The smallest absolute Gasteiger partial charge is 0.194 e. The van der Waals surface area contributed by atoms with Crippen molar-refractivity contribution < 1.29 is 0 Å². The van der Waals surface area contributed by atoms with Crippen molar-refractivity contribution in [1.29, 1.82) is 0 Å². The number of aliphatic imine (C=N–C) groups is 1. The molecule has 2 atom stereocenters. The zero-order chi connectivity index (χ0) is 17.5. The van der Waals surface area contributed by atoms with E-state index in [-0.39, 0.29) is 24.0 Å². The maximum absolute atomic E-state index is 4.86. The highest BCUT2D eigenvalue weighted by molar-refractivity contribution is 14.0. The van der Waals surface area contributed by atoms with E-state index in [4.69, 9.17) is 4.99 Å². The van der Waals surface area contributed by atoms with Crippen molar-refractivity contribution in [2.75, 3.05) is 31.6 Å². The molecule has 1 fully saturated rings. The van der Waals surface area contributed by atoms with Crippen LogP contribution in [0, 0.1) is 18.8 Å². The summed E-state index contributed by atoms with van der Waals surface area (Å²) in [4.78, 5) is 7.28. The van der Waals surface area contributed by atoms with Gasteiger partial charge in [0, 0.05) is 26.7 Å². The number of likely N-dealkylation sites (tertiary alicyclic amines) is 1. The van der Waals surface area contributed by atoms with Crippen LogP contribution in [0.4, 0.5) is 0 Å². The molecule has 0 aromatic carbocycles. The van der Waals surface area contributed by atoms with Crippen molar-refractivity contribution in [3.8, 4) is 0 Å². The SMILES string of the molecule is CSCCCNC(=NCc1nnc(C)n1C)N1CC(C)CC(C)C1.I. The lowest BCUT2D eigenvalue weighted by Crippen LogP contribution is -2.48. The van der Waals surface area contributed by atoms with E-state index >= 15 is 0 Å². The summed E-state index contributed by atoms with van der Waals surface area (Å²) in [6.45, 7) is 10.3. The molecule has 0 aliphatic carbocycles.